The minimum absolute atomic E-state index is 0.0317. The Morgan fingerprint density at radius 2 is 1.72 bits per heavy atom. The maximum Gasteiger partial charge on any atom is 0.484 e. The third-order valence-electron chi connectivity index (χ3n) is 5.83. The number of rotatable bonds is 13. The van der Waals surface area contributed by atoms with Crippen LogP contribution in [-0.4, -0.2) is 50.3 Å². The molecule has 2 amide bonds. The molecule has 0 atom stereocenters. The smallest absolute Gasteiger partial charge is 0.423 e. The van der Waals surface area contributed by atoms with E-state index in [0.717, 1.165) is 6.07 Å². The van der Waals surface area contributed by atoms with Crippen LogP contribution in [0.1, 0.15) is 65.7 Å². The number of carbonyl (C=O) groups excluding carboxylic acids is 3. The molecule has 224 valence electrons. The second kappa shape index (κ2) is 18.2. The van der Waals surface area contributed by atoms with Crippen molar-refractivity contribution in [3.8, 4) is 24.7 Å². The maximum absolute atomic E-state index is 12.4. The predicted molar refractivity (Wildman–Crippen MR) is 164 cm³/mol. The van der Waals surface area contributed by atoms with Gasteiger partial charge < -0.3 is 20.7 Å². The van der Waals surface area contributed by atoms with Gasteiger partial charge in [-0.05, 0) is 67.6 Å². The van der Waals surface area contributed by atoms with Crippen LogP contribution in [0.2, 0.25) is 0 Å². The van der Waals surface area contributed by atoms with Gasteiger partial charge in [-0.15, -0.1) is 24.7 Å². The van der Waals surface area contributed by atoms with Crippen molar-refractivity contribution in [2.24, 2.45) is 0 Å². The summed E-state index contributed by atoms with van der Waals surface area (Å²) in [4.78, 5) is 34.7. The van der Waals surface area contributed by atoms with Crippen LogP contribution in [0, 0.1) is 24.7 Å². The minimum atomic E-state index is -4.11. The molecular formula is C31H33BN2O8S. The molecule has 3 rings (SSSR count). The largest absolute Gasteiger partial charge is 0.484 e. The number of unbranched alkanes of at least 4 members (excludes halogenated alkanes) is 2. The fourth-order valence-corrected chi connectivity index (χ4v) is 4.72. The number of benzene rings is 2. The first kappa shape index (κ1) is 34.7. The monoisotopic (exact) mass is 604 g/mol. The van der Waals surface area contributed by atoms with Gasteiger partial charge in [0.25, 0.3) is 16.0 Å². The molecule has 2 aromatic rings. The molecule has 0 fully saturated rings. The number of hydrogen-bond donors (Lipinski definition) is 4. The van der Waals surface area contributed by atoms with Crippen molar-refractivity contribution >= 4 is 41.0 Å². The van der Waals surface area contributed by atoms with E-state index >= 15 is 0 Å². The van der Waals surface area contributed by atoms with Crippen LogP contribution in [0.3, 0.4) is 0 Å². The summed E-state index contributed by atoms with van der Waals surface area (Å²) in [6.45, 7) is -0.0800. The Labute approximate surface area is 252 Å². The topological polar surface area (TPSA) is 159 Å². The zero-order valence-electron chi connectivity index (χ0n) is 23.5. The second-order valence-electron chi connectivity index (χ2n) is 9.21. The quantitative estimate of drug-likeness (QED) is 0.0891. The maximum atomic E-state index is 12.4. The molecule has 12 heteroatoms. The molecule has 0 spiro atoms. The van der Waals surface area contributed by atoms with Crippen LogP contribution >= 0.6 is 0 Å². The molecule has 0 aliphatic heterocycles. The highest BCUT2D eigenvalue weighted by Gasteiger charge is 2.20. The fourth-order valence-electron chi connectivity index (χ4n) is 3.69. The predicted octanol–water partition coefficient (Wildman–Crippen LogP) is 3.39. The van der Waals surface area contributed by atoms with Gasteiger partial charge in [0.2, 0.25) is 5.91 Å². The van der Waals surface area contributed by atoms with Gasteiger partial charge in [-0.3, -0.25) is 18.6 Å². The molecular weight excluding hydrogens is 571 g/mol. The Balaban J connectivity index is 0.000000329. The summed E-state index contributed by atoms with van der Waals surface area (Å²) in [6.07, 6.45) is 17.8. The van der Waals surface area contributed by atoms with Gasteiger partial charge in [-0.25, -0.2) is 0 Å². The van der Waals surface area contributed by atoms with Crippen LogP contribution in [0.5, 0.6) is 0 Å². The summed E-state index contributed by atoms with van der Waals surface area (Å²) in [5, 5.41) is 23.4. The third-order valence-corrected chi connectivity index (χ3v) is 7.12. The average molecular weight is 604 g/mol. The number of anilines is 1. The van der Waals surface area contributed by atoms with Gasteiger partial charge >= 0.3 is 7.12 Å². The van der Waals surface area contributed by atoms with Gasteiger partial charge in [0, 0.05) is 41.8 Å². The van der Waals surface area contributed by atoms with E-state index in [-0.39, 0.29) is 28.5 Å². The van der Waals surface area contributed by atoms with Crippen molar-refractivity contribution in [1.82, 2.24) is 5.32 Å². The van der Waals surface area contributed by atoms with E-state index in [0.29, 0.717) is 68.1 Å². The van der Waals surface area contributed by atoms with Crippen molar-refractivity contribution in [3.63, 3.8) is 0 Å². The number of para-hydroxylation sites is 1. The SMILES string of the molecule is C#CCCCC(=O)NC1=CCCC(B(O)O)=C1.C#CCCCOS(=O)(=O)c1cc(C=O)cc(C(=O)Nc2ccccc2)c1. The highest BCUT2D eigenvalue weighted by Crippen LogP contribution is 2.19. The van der Waals surface area contributed by atoms with Crippen molar-refractivity contribution in [3.05, 3.63) is 83.0 Å². The molecule has 0 aromatic heterocycles. The third kappa shape index (κ3) is 12.5. The first-order chi connectivity index (χ1) is 20.6. The van der Waals surface area contributed by atoms with Crippen molar-refractivity contribution < 1.29 is 37.0 Å². The zero-order chi connectivity index (χ0) is 31.7. The Morgan fingerprint density at radius 3 is 2.37 bits per heavy atom. The number of allylic oxidation sites excluding steroid dienone is 3. The highest BCUT2D eigenvalue weighted by atomic mass is 32.2. The Morgan fingerprint density at radius 1 is 1.02 bits per heavy atom. The first-order valence-corrected chi connectivity index (χ1v) is 14.8. The van der Waals surface area contributed by atoms with E-state index in [9.17, 15) is 22.8 Å². The van der Waals surface area contributed by atoms with Crippen LogP contribution in [-0.2, 0) is 19.1 Å². The lowest BCUT2D eigenvalue weighted by Crippen LogP contribution is -2.25. The molecule has 0 bridgehead atoms. The van der Waals surface area contributed by atoms with Crippen molar-refractivity contribution in [1.29, 1.82) is 0 Å². The summed E-state index contributed by atoms with van der Waals surface area (Å²) >= 11 is 0. The normalized spacial score (nSPS) is 12.2. The minimum Gasteiger partial charge on any atom is -0.423 e. The molecule has 0 saturated heterocycles. The molecule has 4 N–H and O–H groups in total. The summed E-state index contributed by atoms with van der Waals surface area (Å²) in [7, 11) is -5.56. The fraction of sp³-hybridized carbons (Fsp3) is 0.258. The lowest BCUT2D eigenvalue weighted by atomic mass is 9.74. The van der Waals surface area contributed by atoms with Crippen LogP contribution in [0.25, 0.3) is 0 Å². The number of terminal acetylenes is 2. The molecule has 0 saturated carbocycles. The van der Waals surface area contributed by atoms with E-state index in [1.807, 2.05) is 6.08 Å². The van der Waals surface area contributed by atoms with Gasteiger partial charge in [0.05, 0.1) is 11.5 Å². The number of amides is 2. The summed E-state index contributed by atoms with van der Waals surface area (Å²) < 4.78 is 29.4. The molecule has 1 aliphatic carbocycles. The van der Waals surface area contributed by atoms with E-state index in [1.165, 1.54) is 12.1 Å². The highest BCUT2D eigenvalue weighted by molar-refractivity contribution is 7.86. The Bertz CT molecular complexity index is 1520. The molecule has 43 heavy (non-hydrogen) atoms. The molecule has 0 unspecified atom stereocenters. The van der Waals surface area contributed by atoms with Gasteiger partial charge in [-0.1, -0.05) is 24.3 Å². The lowest BCUT2D eigenvalue weighted by molar-refractivity contribution is -0.120. The molecule has 1 aliphatic rings. The number of hydrogen-bond acceptors (Lipinski definition) is 8. The van der Waals surface area contributed by atoms with Crippen LogP contribution < -0.4 is 10.6 Å². The molecule has 0 radical (unpaired) electrons. The average Bonchev–Trinajstić information content (AvgIpc) is 3.00. The number of aldehydes is 1. The molecule has 2 aromatic carbocycles. The summed E-state index contributed by atoms with van der Waals surface area (Å²) in [5.74, 6) is 4.22. The number of nitrogens with one attached hydrogen (secondary N) is 2. The van der Waals surface area contributed by atoms with E-state index < -0.39 is 23.1 Å². The Hall–Kier alpha value is -4.46. The van der Waals surface area contributed by atoms with E-state index in [2.05, 4.69) is 22.5 Å². The summed E-state index contributed by atoms with van der Waals surface area (Å²) in [6, 6.07) is 12.3. The van der Waals surface area contributed by atoms with E-state index in [4.69, 9.17) is 27.1 Å². The van der Waals surface area contributed by atoms with Gasteiger partial charge in [0.15, 0.2) is 0 Å². The first-order valence-electron chi connectivity index (χ1n) is 13.4. The summed E-state index contributed by atoms with van der Waals surface area (Å²) in [5.41, 5.74) is 1.78. The molecule has 0 heterocycles. The zero-order valence-corrected chi connectivity index (χ0v) is 24.3. The van der Waals surface area contributed by atoms with Crippen molar-refractivity contribution in [2.75, 3.05) is 11.9 Å². The number of carbonyl (C=O) groups is 3. The van der Waals surface area contributed by atoms with E-state index in [1.54, 1.807) is 36.4 Å². The van der Waals surface area contributed by atoms with Gasteiger partial charge in [-0.2, -0.15) is 8.42 Å². The second-order valence-corrected chi connectivity index (χ2v) is 10.8. The lowest BCUT2D eigenvalue weighted by Gasteiger charge is -2.14. The van der Waals surface area contributed by atoms with Gasteiger partial charge in [0.1, 0.15) is 6.29 Å². The molecule has 10 nitrogen and oxygen atoms in total. The standard InChI is InChI=1S/C19H17NO5S.C12H16BNO3/c1-2-3-7-10-25-26(23,24)18-12-15(14-21)11-16(13-18)19(22)20-17-8-5-4-6-9-17;1-2-3-4-8-12(15)14-11-7-5-6-10(9-11)13(16)17/h1,4-6,8-9,11-14H,3,7,10H2,(H,20,22);1,7,9,16-17H,3-6,8H2,(H,14,15). The Kier molecular flexibility index (Phi) is 14.7. The van der Waals surface area contributed by atoms with Crippen LogP contribution in [0.15, 0.2) is 76.7 Å². The van der Waals surface area contributed by atoms with Crippen LogP contribution in [0.4, 0.5) is 5.69 Å². The van der Waals surface area contributed by atoms with Crippen molar-refractivity contribution in [2.45, 2.75) is 49.8 Å².